The van der Waals surface area contributed by atoms with Gasteiger partial charge in [0.1, 0.15) is 6.61 Å². The highest BCUT2D eigenvalue weighted by Crippen LogP contribution is 2.09. The molecule has 17 heavy (non-hydrogen) atoms. The Hall–Kier alpha value is -1.81. The zero-order chi connectivity index (χ0) is 12.1. The average molecular weight is 233 g/mol. The summed E-state index contributed by atoms with van der Waals surface area (Å²) in [5, 5.41) is 9.41. The van der Waals surface area contributed by atoms with Crippen molar-refractivity contribution < 1.29 is 14.6 Å². The predicted molar refractivity (Wildman–Crippen MR) is 63.1 cm³/mol. The number of β-amino-alcohol motifs (C(OH)–C–C–N with tert-alkyl or cyclic N) is 1. The monoisotopic (exact) mass is 233 g/mol. The van der Waals surface area contributed by atoms with Crippen LogP contribution in [0.15, 0.2) is 42.6 Å². The van der Waals surface area contributed by atoms with E-state index in [2.05, 4.69) is 0 Å². The van der Waals surface area contributed by atoms with Gasteiger partial charge in [-0.05, 0) is 12.0 Å². The molecule has 0 saturated heterocycles. The van der Waals surface area contributed by atoms with Crippen LogP contribution in [0.25, 0.3) is 0 Å². The van der Waals surface area contributed by atoms with Crippen molar-refractivity contribution in [2.75, 3.05) is 6.54 Å². The normalized spacial score (nSPS) is 19.1. The van der Waals surface area contributed by atoms with Crippen LogP contribution in [0.5, 0.6) is 0 Å². The van der Waals surface area contributed by atoms with E-state index in [-0.39, 0.29) is 6.61 Å². The molecule has 0 bridgehead atoms. The lowest BCUT2D eigenvalue weighted by Crippen LogP contribution is -2.36. The van der Waals surface area contributed by atoms with Crippen molar-refractivity contribution in [2.24, 2.45) is 0 Å². The molecule has 1 heterocycles. The molecule has 1 aromatic rings. The van der Waals surface area contributed by atoms with Gasteiger partial charge >= 0.3 is 6.09 Å². The fourth-order valence-electron chi connectivity index (χ4n) is 1.65. The van der Waals surface area contributed by atoms with Crippen molar-refractivity contribution in [1.29, 1.82) is 0 Å². The highest BCUT2D eigenvalue weighted by Gasteiger charge is 2.19. The standard InChI is InChI=1S/C13H15NO3/c15-12-7-4-8-14(9-12)13(16)17-10-11-5-2-1-3-6-11/h1-6,8,12,15H,7,9-10H2/t12-/m1/s1. The Labute approximate surface area is 100 Å². The fraction of sp³-hybridized carbons (Fsp3) is 0.308. The molecule has 1 amide bonds. The minimum absolute atomic E-state index is 0.250. The van der Waals surface area contributed by atoms with Crippen LogP contribution in [0.1, 0.15) is 12.0 Å². The molecular weight excluding hydrogens is 218 g/mol. The second kappa shape index (κ2) is 5.50. The van der Waals surface area contributed by atoms with Gasteiger partial charge < -0.3 is 9.84 Å². The summed E-state index contributed by atoms with van der Waals surface area (Å²) in [7, 11) is 0. The molecule has 4 heteroatoms. The van der Waals surface area contributed by atoms with Gasteiger partial charge in [-0.1, -0.05) is 36.4 Å². The van der Waals surface area contributed by atoms with Crippen molar-refractivity contribution in [1.82, 2.24) is 4.90 Å². The third-order valence-electron chi connectivity index (χ3n) is 2.54. The van der Waals surface area contributed by atoms with Gasteiger partial charge in [-0.25, -0.2) is 4.79 Å². The second-order valence-electron chi connectivity index (χ2n) is 3.97. The topological polar surface area (TPSA) is 49.8 Å². The number of hydrogen-bond donors (Lipinski definition) is 1. The van der Waals surface area contributed by atoms with E-state index in [1.165, 1.54) is 4.90 Å². The Morgan fingerprint density at radius 3 is 2.88 bits per heavy atom. The quantitative estimate of drug-likeness (QED) is 0.848. The summed E-state index contributed by atoms with van der Waals surface area (Å²) in [5.41, 5.74) is 0.947. The van der Waals surface area contributed by atoms with E-state index in [0.29, 0.717) is 13.0 Å². The van der Waals surface area contributed by atoms with Crippen LogP contribution in [0.4, 0.5) is 4.79 Å². The van der Waals surface area contributed by atoms with Gasteiger partial charge in [0, 0.05) is 6.20 Å². The smallest absolute Gasteiger partial charge is 0.414 e. The number of amides is 1. The van der Waals surface area contributed by atoms with Crippen molar-refractivity contribution in [3.8, 4) is 0 Å². The van der Waals surface area contributed by atoms with Crippen LogP contribution in [-0.4, -0.2) is 28.7 Å². The summed E-state index contributed by atoms with van der Waals surface area (Å²) in [6, 6.07) is 9.50. The third kappa shape index (κ3) is 3.32. The average Bonchev–Trinajstić information content (AvgIpc) is 2.37. The molecule has 0 spiro atoms. The molecule has 1 atom stereocenters. The molecule has 90 valence electrons. The number of rotatable bonds is 2. The summed E-state index contributed by atoms with van der Waals surface area (Å²) in [6.45, 7) is 0.546. The first kappa shape index (κ1) is 11.7. The molecule has 0 aliphatic carbocycles. The zero-order valence-corrected chi connectivity index (χ0v) is 9.45. The summed E-state index contributed by atoms with van der Waals surface area (Å²) in [6.07, 6.45) is 3.08. The first-order chi connectivity index (χ1) is 8.25. The fourth-order valence-corrected chi connectivity index (χ4v) is 1.65. The van der Waals surface area contributed by atoms with E-state index in [1.54, 1.807) is 12.3 Å². The van der Waals surface area contributed by atoms with E-state index in [4.69, 9.17) is 4.74 Å². The highest BCUT2D eigenvalue weighted by molar-refractivity contribution is 5.69. The Morgan fingerprint density at radius 2 is 2.18 bits per heavy atom. The van der Waals surface area contributed by atoms with E-state index < -0.39 is 12.2 Å². The SMILES string of the molecule is O=C(OCc1ccccc1)N1C=CC[C@@H](O)C1. The second-order valence-corrected chi connectivity index (χ2v) is 3.97. The Balaban J connectivity index is 1.85. The molecule has 0 radical (unpaired) electrons. The van der Waals surface area contributed by atoms with E-state index >= 15 is 0 Å². The maximum atomic E-state index is 11.7. The lowest BCUT2D eigenvalue weighted by Gasteiger charge is -2.24. The summed E-state index contributed by atoms with van der Waals surface area (Å²) in [4.78, 5) is 13.0. The maximum absolute atomic E-state index is 11.7. The molecule has 2 rings (SSSR count). The van der Waals surface area contributed by atoms with Crippen molar-refractivity contribution in [3.63, 3.8) is 0 Å². The molecule has 1 aliphatic heterocycles. The number of aliphatic hydroxyl groups excluding tert-OH is 1. The number of aliphatic hydroxyl groups is 1. The number of nitrogens with zero attached hydrogens (tertiary/aromatic N) is 1. The van der Waals surface area contributed by atoms with Crippen LogP contribution >= 0.6 is 0 Å². The van der Waals surface area contributed by atoms with Gasteiger partial charge in [-0.15, -0.1) is 0 Å². The molecule has 4 nitrogen and oxygen atoms in total. The third-order valence-corrected chi connectivity index (χ3v) is 2.54. The summed E-state index contributed by atoms with van der Waals surface area (Å²) >= 11 is 0. The number of hydrogen-bond acceptors (Lipinski definition) is 3. The van der Waals surface area contributed by atoms with Gasteiger partial charge in [0.05, 0.1) is 12.6 Å². The van der Waals surface area contributed by atoms with E-state index in [9.17, 15) is 9.90 Å². The first-order valence-electron chi connectivity index (χ1n) is 5.58. The molecule has 1 N–H and O–H groups in total. The first-order valence-corrected chi connectivity index (χ1v) is 5.58. The Kier molecular flexibility index (Phi) is 3.77. The largest absolute Gasteiger partial charge is 0.444 e. The number of carbonyl (C=O) groups is 1. The van der Waals surface area contributed by atoms with Gasteiger partial charge in [0.2, 0.25) is 0 Å². The minimum Gasteiger partial charge on any atom is -0.444 e. The van der Waals surface area contributed by atoms with E-state index in [0.717, 1.165) is 5.56 Å². The zero-order valence-electron chi connectivity index (χ0n) is 9.45. The number of carbonyl (C=O) groups excluding carboxylic acids is 1. The van der Waals surface area contributed by atoms with Crippen molar-refractivity contribution in [2.45, 2.75) is 19.1 Å². The molecule has 1 aromatic carbocycles. The van der Waals surface area contributed by atoms with Crippen LogP contribution in [-0.2, 0) is 11.3 Å². The number of benzene rings is 1. The molecule has 0 aromatic heterocycles. The minimum atomic E-state index is -0.496. The van der Waals surface area contributed by atoms with Crippen LogP contribution < -0.4 is 0 Å². The Morgan fingerprint density at radius 1 is 1.41 bits per heavy atom. The van der Waals surface area contributed by atoms with Gasteiger partial charge in [-0.3, -0.25) is 4.90 Å². The van der Waals surface area contributed by atoms with Gasteiger partial charge in [-0.2, -0.15) is 0 Å². The van der Waals surface area contributed by atoms with Crippen LogP contribution in [0.3, 0.4) is 0 Å². The molecule has 0 saturated carbocycles. The lowest BCUT2D eigenvalue weighted by atomic mass is 10.2. The summed E-state index contributed by atoms with van der Waals surface area (Å²) < 4.78 is 5.14. The van der Waals surface area contributed by atoms with Gasteiger partial charge in [0.15, 0.2) is 0 Å². The highest BCUT2D eigenvalue weighted by atomic mass is 16.6. The molecule has 0 fully saturated rings. The van der Waals surface area contributed by atoms with Gasteiger partial charge in [0.25, 0.3) is 0 Å². The Bertz CT molecular complexity index is 402. The number of ether oxygens (including phenoxy) is 1. The maximum Gasteiger partial charge on any atom is 0.414 e. The molecular formula is C13H15NO3. The summed E-state index contributed by atoms with van der Waals surface area (Å²) in [5.74, 6) is 0. The van der Waals surface area contributed by atoms with Crippen LogP contribution in [0.2, 0.25) is 0 Å². The predicted octanol–water partition coefficient (Wildman–Crippen LogP) is 1.90. The molecule has 0 unspecified atom stereocenters. The lowest BCUT2D eigenvalue weighted by molar-refractivity contribution is 0.0815. The van der Waals surface area contributed by atoms with Crippen molar-refractivity contribution in [3.05, 3.63) is 48.2 Å². The molecule has 1 aliphatic rings. The van der Waals surface area contributed by atoms with Crippen molar-refractivity contribution >= 4 is 6.09 Å². The van der Waals surface area contributed by atoms with E-state index in [1.807, 2.05) is 30.3 Å². The van der Waals surface area contributed by atoms with Crippen LogP contribution in [0, 0.1) is 0 Å².